The molecule has 0 amide bonds. The molecule has 0 aromatic heterocycles. The molecule has 2 heteroatoms. The fourth-order valence-electron chi connectivity index (χ4n) is 1.30. The molecule has 0 bridgehead atoms. The Labute approximate surface area is 64.3 Å². The first kappa shape index (κ1) is 6.40. The highest BCUT2D eigenvalue weighted by Gasteiger charge is 2.08. The van der Waals surface area contributed by atoms with Crippen molar-refractivity contribution in [3.63, 3.8) is 0 Å². The van der Waals surface area contributed by atoms with E-state index in [0.717, 1.165) is 17.5 Å². The highest BCUT2D eigenvalue weighted by atomic mass is 19.1. The minimum atomic E-state index is -0.324. The molecule has 0 spiro atoms. The maximum Gasteiger partial charge on any atom is 0.146 e. The van der Waals surface area contributed by atoms with Crippen LogP contribution in [-0.4, -0.2) is 0 Å². The second-order valence-electron chi connectivity index (χ2n) is 2.68. The third-order valence-electron chi connectivity index (χ3n) is 1.89. The lowest BCUT2D eigenvalue weighted by Gasteiger charge is -2.00. The van der Waals surface area contributed by atoms with Crippen molar-refractivity contribution in [3.05, 3.63) is 35.2 Å². The Morgan fingerprint density at radius 1 is 1.36 bits per heavy atom. The van der Waals surface area contributed by atoms with Crippen LogP contribution in [0, 0.1) is 5.82 Å². The Morgan fingerprint density at radius 2 is 2.18 bits per heavy atom. The molecule has 1 aliphatic carbocycles. The van der Waals surface area contributed by atoms with E-state index in [-0.39, 0.29) is 11.5 Å². The van der Waals surface area contributed by atoms with Crippen molar-refractivity contribution < 1.29 is 4.39 Å². The lowest BCUT2D eigenvalue weighted by atomic mass is 10.1. The van der Waals surface area contributed by atoms with E-state index in [0.29, 0.717) is 0 Å². The first-order valence-corrected chi connectivity index (χ1v) is 3.52. The molecule has 0 radical (unpaired) electrons. The molecule has 0 saturated heterocycles. The van der Waals surface area contributed by atoms with E-state index in [1.807, 2.05) is 12.2 Å². The normalized spacial score (nSPS) is 13.5. The van der Waals surface area contributed by atoms with Crippen molar-refractivity contribution in [2.24, 2.45) is 0 Å². The summed E-state index contributed by atoms with van der Waals surface area (Å²) in [6, 6.07) is 3.18. The molecule has 2 N–H and O–H groups in total. The fourth-order valence-corrected chi connectivity index (χ4v) is 1.30. The minimum absolute atomic E-state index is 0.243. The number of hydrogen-bond acceptors (Lipinski definition) is 1. The van der Waals surface area contributed by atoms with E-state index >= 15 is 0 Å². The predicted octanol–water partition coefficient (Wildman–Crippen LogP) is 1.98. The van der Waals surface area contributed by atoms with Crippen molar-refractivity contribution in [1.82, 2.24) is 0 Å². The summed E-state index contributed by atoms with van der Waals surface area (Å²) in [7, 11) is 0. The van der Waals surface area contributed by atoms with Crippen molar-refractivity contribution >= 4 is 11.8 Å². The Balaban J connectivity index is 2.63. The molecule has 56 valence electrons. The van der Waals surface area contributed by atoms with Crippen LogP contribution in [0.25, 0.3) is 6.08 Å². The summed E-state index contributed by atoms with van der Waals surface area (Å²) in [6.07, 6.45) is 4.79. The molecule has 11 heavy (non-hydrogen) atoms. The number of nitrogen functional groups attached to an aromatic ring is 1. The van der Waals surface area contributed by atoms with Gasteiger partial charge < -0.3 is 5.73 Å². The standard InChI is InChI=1S/C9H8FN/c10-8-4-6-2-1-3-7(6)5-9(8)11/h1-2,4-5H,3,11H2. The Morgan fingerprint density at radius 3 is 3.00 bits per heavy atom. The Bertz CT molecular complexity index is 329. The number of benzene rings is 1. The van der Waals surface area contributed by atoms with E-state index in [9.17, 15) is 4.39 Å². The number of fused-ring (bicyclic) bond motifs is 1. The zero-order valence-electron chi connectivity index (χ0n) is 5.97. The molecule has 1 aromatic carbocycles. The van der Waals surface area contributed by atoms with Crippen molar-refractivity contribution in [1.29, 1.82) is 0 Å². The van der Waals surface area contributed by atoms with Crippen molar-refractivity contribution in [3.8, 4) is 0 Å². The van der Waals surface area contributed by atoms with Gasteiger partial charge in [-0.15, -0.1) is 0 Å². The average Bonchev–Trinajstić information content (AvgIpc) is 2.36. The lowest BCUT2D eigenvalue weighted by Crippen LogP contribution is -1.93. The third-order valence-corrected chi connectivity index (χ3v) is 1.89. The molecule has 1 nitrogen and oxygen atoms in total. The molecule has 1 aliphatic rings. The van der Waals surface area contributed by atoms with Crippen LogP contribution < -0.4 is 5.73 Å². The van der Waals surface area contributed by atoms with Gasteiger partial charge in [-0.05, 0) is 29.7 Å². The molecule has 0 heterocycles. The van der Waals surface area contributed by atoms with Crippen LogP contribution in [0.15, 0.2) is 18.2 Å². The molecule has 0 atom stereocenters. The molecule has 0 aliphatic heterocycles. The zero-order valence-corrected chi connectivity index (χ0v) is 5.97. The van der Waals surface area contributed by atoms with Gasteiger partial charge in [0.25, 0.3) is 0 Å². The van der Waals surface area contributed by atoms with Crippen LogP contribution in [0.1, 0.15) is 11.1 Å². The monoisotopic (exact) mass is 149 g/mol. The molecule has 1 aromatic rings. The summed E-state index contributed by atoms with van der Waals surface area (Å²) in [6.45, 7) is 0. The van der Waals surface area contributed by atoms with Crippen LogP contribution in [0.3, 0.4) is 0 Å². The number of halogens is 1. The number of anilines is 1. The molecule has 0 saturated carbocycles. The van der Waals surface area contributed by atoms with Gasteiger partial charge in [-0.1, -0.05) is 12.2 Å². The van der Waals surface area contributed by atoms with E-state index in [4.69, 9.17) is 5.73 Å². The van der Waals surface area contributed by atoms with E-state index in [2.05, 4.69) is 0 Å². The highest BCUT2D eigenvalue weighted by molar-refractivity contribution is 5.63. The van der Waals surface area contributed by atoms with E-state index in [1.54, 1.807) is 6.07 Å². The Hall–Kier alpha value is -1.31. The van der Waals surface area contributed by atoms with Gasteiger partial charge >= 0.3 is 0 Å². The summed E-state index contributed by atoms with van der Waals surface area (Å²) in [4.78, 5) is 0. The van der Waals surface area contributed by atoms with Gasteiger partial charge in [-0.3, -0.25) is 0 Å². The summed E-state index contributed by atoms with van der Waals surface area (Å²) in [5.74, 6) is -0.324. The van der Waals surface area contributed by atoms with Gasteiger partial charge in [0, 0.05) is 0 Å². The number of nitrogens with two attached hydrogens (primary N) is 1. The van der Waals surface area contributed by atoms with E-state index in [1.165, 1.54) is 6.07 Å². The van der Waals surface area contributed by atoms with Crippen LogP contribution in [-0.2, 0) is 6.42 Å². The van der Waals surface area contributed by atoms with Gasteiger partial charge in [-0.25, -0.2) is 4.39 Å². The predicted molar refractivity (Wildman–Crippen MR) is 43.6 cm³/mol. The number of allylic oxidation sites excluding steroid dienone is 1. The van der Waals surface area contributed by atoms with Gasteiger partial charge in [0.1, 0.15) is 5.82 Å². The third kappa shape index (κ3) is 0.909. The Kier molecular flexibility index (Phi) is 1.22. The van der Waals surface area contributed by atoms with Crippen molar-refractivity contribution in [2.45, 2.75) is 6.42 Å². The fraction of sp³-hybridized carbons (Fsp3) is 0.111. The quantitative estimate of drug-likeness (QED) is 0.561. The van der Waals surface area contributed by atoms with Gasteiger partial charge in [0.05, 0.1) is 5.69 Å². The SMILES string of the molecule is Nc1cc2c(cc1F)C=CC2. The van der Waals surface area contributed by atoms with Gasteiger partial charge in [-0.2, -0.15) is 0 Å². The number of rotatable bonds is 0. The molecule has 0 unspecified atom stereocenters. The first-order valence-electron chi connectivity index (χ1n) is 3.52. The largest absolute Gasteiger partial charge is 0.396 e. The zero-order chi connectivity index (χ0) is 7.84. The highest BCUT2D eigenvalue weighted by Crippen LogP contribution is 2.23. The second-order valence-corrected chi connectivity index (χ2v) is 2.68. The number of hydrogen-bond donors (Lipinski definition) is 1. The van der Waals surface area contributed by atoms with E-state index < -0.39 is 0 Å². The summed E-state index contributed by atoms with van der Waals surface area (Å²) < 4.78 is 12.8. The van der Waals surface area contributed by atoms with Crippen LogP contribution in [0.2, 0.25) is 0 Å². The van der Waals surface area contributed by atoms with Crippen molar-refractivity contribution in [2.75, 3.05) is 5.73 Å². The average molecular weight is 149 g/mol. The summed E-state index contributed by atoms with van der Waals surface area (Å²) in [5.41, 5.74) is 7.70. The summed E-state index contributed by atoms with van der Waals surface area (Å²) >= 11 is 0. The van der Waals surface area contributed by atoms with Crippen LogP contribution >= 0.6 is 0 Å². The maximum atomic E-state index is 12.8. The van der Waals surface area contributed by atoms with Crippen LogP contribution in [0.5, 0.6) is 0 Å². The molecular weight excluding hydrogens is 141 g/mol. The maximum absolute atomic E-state index is 12.8. The topological polar surface area (TPSA) is 26.0 Å². The first-order chi connectivity index (χ1) is 5.27. The molecule has 2 rings (SSSR count). The van der Waals surface area contributed by atoms with Crippen LogP contribution in [0.4, 0.5) is 10.1 Å². The minimum Gasteiger partial charge on any atom is -0.396 e. The second kappa shape index (κ2) is 2.09. The lowest BCUT2D eigenvalue weighted by molar-refractivity contribution is 0.632. The van der Waals surface area contributed by atoms with Gasteiger partial charge in [0.2, 0.25) is 0 Å². The van der Waals surface area contributed by atoms with Gasteiger partial charge in [0.15, 0.2) is 0 Å². The molecule has 0 fully saturated rings. The smallest absolute Gasteiger partial charge is 0.146 e. The molecular formula is C9H8FN. The summed E-state index contributed by atoms with van der Waals surface area (Å²) in [5, 5.41) is 0.